The van der Waals surface area contributed by atoms with Crippen molar-refractivity contribution in [2.75, 3.05) is 11.9 Å². The van der Waals surface area contributed by atoms with Crippen LogP contribution in [0.3, 0.4) is 0 Å². The second kappa shape index (κ2) is 11.3. The first-order valence-corrected chi connectivity index (χ1v) is 21.1. The van der Waals surface area contributed by atoms with Crippen LogP contribution >= 0.6 is 22.7 Å². The lowest BCUT2D eigenvalue weighted by Gasteiger charge is -2.43. The molecule has 5 aromatic carbocycles. The molecule has 7 aromatic rings. The molecule has 10 rings (SSSR count). The van der Waals surface area contributed by atoms with E-state index in [9.17, 15) is 26.1 Å². The molecular weight excluding hydrogens is 772 g/mol. The van der Waals surface area contributed by atoms with Crippen LogP contribution in [0.25, 0.3) is 52.2 Å². The molecule has 2 aliphatic heterocycles. The molecular formula is C45H33F3NO4S3-. The number of benzene rings is 5. The number of rotatable bonds is 2. The molecule has 2 aromatic heterocycles. The summed E-state index contributed by atoms with van der Waals surface area (Å²) in [4.78, 5) is 3.35. The second-order valence-corrected chi connectivity index (χ2v) is 19.3. The third-order valence-corrected chi connectivity index (χ3v) is 15.6. The van der Waals surface area contributed by atoms with Gasteiger partial charge in [-0.05, 0) is 84.8 Å². The minimum atomic E-state index is -5.41. The van der Waals surface area contributed by atoms with Crippen molar-refractivity contribution in [3.8, 4) is 32.4 Å². The van der Waals surface area contributed by atoms with Crippen molar-refractivity contribution in [1.82, 2.24) is 0 Å². The number of thiophene rings is 2. The smallest absolute Gasteiger partial charge is 0.416 e. The van der Waals surface area contributed by atoms with E-state index in [0.717, 1.165) is 75.2 Å². The number of anilines is 1. The van der Waals surface area contributed by atoms with Crippen molar-refractivity contribution < 1.29 is 30.9 Å². The first-order chi connectivity index (χ1) is 26.4. The summed E-state index contributed by atoms with van der Waals surface area (Å²) in [5, 5.41) is 3.72. The van der Waals surface area contributed by atoms with Crippen LogP contribution in [0.4, 0.5) is 18.9 Å². The Labute approximate surface area is 329 Å². The van der Waals surface area contributed by atoms with Crippen molar-refractivity contribution in [1.29, 1.82) is 0 Å². The fourth-order valence-electron chi connectivity index (χ4n) is 9.02. The zero-order valence-corrected chi connectivity index (χ0v) is 33.5. The van der Waals surface area contributed by atoms with Gasteiger partial charge < -0.3 is 14.2 Å². The maximum atomic E-state index is 14.1. The first kappa shape index (κ1) is 35.5. The predicted octanol–water partition coefficient (Wildman–Crippen LogP) is 10.9. The van der Waals surface area contributed by atoms with Crippen LogP contribution in [0.5, 0.6) is 11.5 Å². The Kier molecular flexibility index (Phi) is 7.19. The molecule has 11 heteroatoms. The highest BCUT2D eigenvalue weighted by molar-refractivity contribution is 7.85. The molecule has 0 saturated heterocycles. The lowest BCUT2D eigenvalue weighted by molar-refractivity contribution is -0.137. The van der Waals surface area contributed by atoms with Gasteiger partial charge in [0.2, 0.25) is 0 Å². The van der Waals surface area contributed by atoms with Gasteiger partial charge in [0.15, 0.2) is 0 Å². The van der Waals surface area contributed by atoms with E-state index >= 15 is 0 Å². The number of ether oxygens (including phenoxy) is 1. The molecule has 0 spiro atoms. The summed E-state index contributed by atoms with van der Waals surface area (Å²) in [5.41, 5.74) is 4.79. The molecule has 3 aliphatic rings. The molecule has 0 saturated carbocycles. The van der Waals surface area contributed by atoms with Crippen molar-refractivity contribution in [2.24, 2.45) is 0 Å². The highest BCUT2D eigenvalue weighted by Gasteiger charge is 2.41. The minimum absolute atomic E-state index is 0.117. The number of hydrogen-bond acceptors (Lipinski definition) is 7. The van der Waals surface area contributed by atoms with Gasteiger partial charge in [-0.15, -0.1) is 22.7 Å². The molecule has 5 nitrogen and oxygen atoms in total. The van der Waals surface area contributed by atoms with Gasteiger partial charge in [-0.2, -0.15) is 13.2 Å². The molecule has 1 aliphatic carbocycles. The first-order valence-electron chi connectivity index (χ1n) is 18.1. The number of nitrogens with zero attached hydrogens (tertiary/aromatic N) is 1. The summed E-state index contributed by atoms with van der Waals surface area (Å²) >= 11 is 3.32. The minimum Gasteiger partial charge on any atom is -0.744 e. The quantitative estimate of drug-likeness (QED) is 0.163. The fourth-order valence-corrected chi connectivity index (χ4v) is 12.5. The van der Waals surface area contributed by atoms with Gasteiger partial charge in [-0.25, -0.2) is 8.42 Å². The van der Waals surface area contributed by atoms with Crippen LogP contribution in [0.1, 0.15) is 62.4 Å². The van der Waals surface area contributed by atoms with Crippen molar-refractivity contribution in [2.45, 2.75) is 56.6 Å². The van der Waals surface area contributed by atoms with E-state index in [1.807, 2.05) is 55.6 Å². The Bertz CT molecular complexity index is 3170. The number of halogens is 3. The van der Waals surface area contributed by atoms with E-state index in [4.69, 9.17) is 4.74 Å². The Balaban J connectivity index is 1.36. The molecule has 0 radical (unpaired) electrons. The maximum Gasteiger partial charge on any atom is 0.416 e. The normalized spacial score (nSPS) is 16.5. The van der Waals surface area contributed by atoms with Gasteiger partial charge in [0.05, 0.1) is 16.0 Å². The molecule has 0 bridgehead atoms. The zero-order valence-electron chi connectivity index (χ0n) is 31.1. The van der Waals surface area contributed by atoms with Gasteiger partial charge >= 0.3 is 6.18 Å². The fraction of sp³-hybridized carbons (Fsp3) is 0.200. The van der Waals surface area contributed by atoms with Gasteiger partial charge in [-0.1, -0.05) is 61.9 Å². The second-order valence-electron chi connectivity index (χ2n) is 15.9. The average Bonchev–Trinajstić information content (AvgIpc) is 3.74. The highest BCUT2D eigenvalue weighted by Crippen LogP contribution is 2.56. The number of hydrogen-bond donors (Lipinski definition) is 0. The van der Waals surface area contributed by atoms with Crippen molar-refractivity contribution >= 4 is 69.8 Å². The zero-order chi connectivity index (χ0) is 39.4. The van der Waals surface area contributed by atoms with Crippen LogP contribution in [0.15, 0.2) is 95.9 Å². The third kappa shape index (κ3) is 4.77. The van der Waals surface area contributed by atoms with E-state index in [2.05, 4.69) is 63.8 Å². The summed E-state index contributed by atoms with van der Waals surface area (Å²) < 4.78 is 90.5. The summed E-state index contributed by atoms with van der Waals surface area (Å²) in [7, 11) is -3.38. The summed E-state index contributed by atoms with van der Waals surface area (Å²) in [6.07, 6.45) is -4.88. The number of fused-ring (bicyclic) bond motifs is 12. The molecule has 0 atom stereocenters. The van der Waals surface area contributed by atoms with E-state index in [1.165, 1.54) is 5.56 Å². The lowest BCUT2D eigenvalue weighted by Crippen LogP contribution is -2.41. The topological polar surface area (TPSA) is 69.7 Å². The molecule has 0 N–H and O–H groups in total. The SMILES string of the molecule is CC1=c2cc3c(cc2-c2sc4ccccc4c2C1(C)C)=C(c1ccc(C(F)(F)F)cc1S(=O)(=O)[O-])c1cc2c(cc1O3)N(C)C(C)(C)c1c-2sc2ccccc12. The molecule has 0 unspecified atom stereocenters. The van der Waals surface area contributed by atoms with Gasteiger partial charge in [-0.3, -0.25) is 0 Å². The van der Waals surface area contributed by atoms with Gasteiger partial charge in [0, 0.05) is 82.0 Å². The average molecular weight is 805 g/mol. The van der Waals surface area contributed by atoms with Crippen LogP contribution in [0, 0.1) is 0 Å². The Morgan fingerprint density at radius 1 is 0.714 bits per heavy atom. The third-order valence-electron chi connectivity index (χ3n) is 12.3. The van der Waals surface area contributed by atoms with Crippen LogP contribution < -0.4 is 20.1 Å². The molecule has 0 amide bonds. The standard InChI is InChI=1S/C45H34F3NO4S3/c1-22-27-20-33-30(18-28(27)41-39(43(22,2)3)24-11-7-9-13-35(24)54-41)38(26-16-15-23(45(46,47)48)17-37(26)56(50,51)52)31-19-29-32(21-34(31)53-33)49(6)44(4,5)40-25-12-8-10-14-36(25)55-42(29)40/h7-21H,1-6H3,(H,50,51,52)/p-1. The van der Waals surface area contributed by atoms with Crippen LogP contribution in [-0.2, 0) is 27.2 Å². The monoisotopic (exact) mass is 804 g/mol. The summed E-state index contributed by atoms with van der Waals surface area (Å²) in [6.45, 7) is 10.9. The molecule has 282 valence electrons. The molecule has 4 heterocycles. The molecule has 56 heavy (non-hydrogen) atoms. The largest absolute Gasteiger partial charge is 0.744 e. The maximum absolute atomic E-state index is 14.1. The van der Waals surface area contributed by atoms with Crippen molar-refractivity contribution in [3.05, 3.63) is 129 Å². The van der Waals surface area contributed by atoms with Crippen LogP contribution in [0.2, 0.25) is 0 Å². The van der Waals surface area contributed by atoms with Crippen molar-refractivity contribution in [3.63, 3.8) is 0 Å². The van der Waals surface area contributed by atoms with Gasteiger partial charge in [0.1, 0.15) is 21.6 Å². The highest BCUT2D eigenvalue weighted by atomic mass is 32.2. The lowest BCUT2D eigenvalue weighted by atomic mass is 9.71. The van der Waals surface area contributed by atoms with E-state index in [0.29, 0.717) is 33.9 Å². The van der Waals surface area contributed by atoms with Gasteiger partial charge in [0.25, 0.3) is 0 Å². The number of alkyl halides is 3. The Morgan fingerprint density at radius 2 is 1.34 bits per heavy atom. The van der Waals surface area contributed by atoms with E-state index < -0.39 is 32.3 Å². The Hall–Kier alpha value is -4.94. The Morgan fingerprint density at radius 3 is 1.98 bits per heavy atom. The van der Waals surface area contributed by atoms with Crippen LogP contribution in [-0.4, -0.2) is 20.0 Å². The predicted molar refractivity (Wildman–Crippen MR) is 218 cm³/mol. The molecule has 0 fully saturated rings. The van der Waals surface area contributed by atoms with E-state index in [-0.39, 0.29) is 11.0 Å². The summed E-state index contributed by atoms with van der Waals surface area (Å²) in [5.74, 6) is 0.822. The summed E-state index contributed by atoms with van der Waals surface area (Å²) in [6, 6.07) is 26.7. The van der Waals surface area contributed by atoms with E-state index in [1.54, 1.807) is 22.7 Å².